The lowest BCUT2D eigenvalue weighted by Crippen LogP contribution is -2.14. The van der Waals surface area contributed by atoms with E-state index in [0.29, 0.717) is 5.92 Å². The lowest BCUT2D eigenvalue weighted by atomic mass is 9.95. The number of hydrogen-bond donors (Lipinski definition) is 0. The van der Waals surface area contributed by atoms with E-state index in [9.17, 15) is 4.79 Å². The van der Waals surface area contributed by atoms with E-state index in [1.54, 1.807) is 0 Å². The number of hydrogen-bond acceptors (Lipinski definition) is 2. The second-order valence-electron chi connectivity index (χ2n) is 5.10. The van der Waals surface area contributed by atoms with Crippen LogP contribution in [0.1, 0.15) is 57.8 Å². The predicted octanol–water partition coefficient (Wildman–Crippen LogP) is 4.07. The molecule has 0 aliphatic carbocycles. The molecular formula is C15H22O2. The molecule has 0 aromatic heterocycles. The molecule has 0 saturated carbocycles. The Hall–Kier alpha value is -1.31. The fraction of sp³-hybridized carbons (Fsp3) is 0.533. The van der Waals surface area contributed by atoms with Crippen LogP contribution in [0.4, 0.5) is 0 Å². The van der Waals surface area contributed by atoms with Gasteiger partial charge in [0, 0.05) is 6.92 Å². The standard InChI is InChI=1S/C15H22O2/c1-10(2)13-6-8-14(9-7-13)15(11(3)4)17-12(5)16/h6-11,15H,1-5H3. The minimum atomic E-state index is -0.225. The van der Waals surface area contributed by atoms with E-state index in [1.807, 2.05) is 0 Å². The number of ether oxygens (including phenoxy) is 1. The van der Waals surface area contributed by atoms with Crippen molar-refractivity contribution in [3.05, 3.63) is 35.4 Å². The summed E-state index contributed by atoms with van der Waals surface area (Å²) in [6.07, 6.45) is -0.145. The minimum Gasteiger partial charge on any atom is -0.457 e. The fourth-order valence-corrected chi connectivity index (χ4v) is 1.84. The molecule has 1 aromatic rings. The van der Waals surface area contributed by atoms with Crippen molar-refractivity contribution in [2.75, 3.05) is 0 Å². The van der Waals surface area contributed by atoms with E-state index < -0.39 is 0 Å². The molecule has 0 spiro atoms. The van der Waals surface area contributed by atoms with Gasteiger partial charge >= 0.3 is 5.97 Å². The summed E-state index contributed by atoms with van der Waals surface area (Å²) in [6.45, 7) is 9.91. The molecule has 0 heterocycles. The first-order chi connectivity index (χ1) is 7.91. The number of rotatable bonds is 4. The summed E-state index contributed by atoms with van der Waals surface area (Å²) >= 11 is 0. The first-order valence-electron chi connectivity index (χ1n) is 6.19. The predicted molar refractivity (Wildman–Crippen MR) is 69.9 cm³/mol. The van der Waals surface area contributed by atoms with E-state index in [2.05, 4.69) is 52.0 Å². The van der Waals surface area contributed by atoms with Gasteiger partial charge in [-0.2, -0.15) is 0 Å². The van der Waals surface area contributed by atoms with E-state index in [4.69, 9.17) is 4.74 Å². The van der Waals surface area contributed by atoms with Gasteiger partial charge in [0.1, 0.15) is 6.10 Å². The van der Waals surface area contributed by atoms with Crippen LogP contribution in [-0.2, 0) is 9.53 Å². The van der Waals surface area contributed by atoms with Crippen molar-refractivity contribution in [3.63, 3.8) is 0 Å². The topological polar surface area (TPSA) is 26.3 Å². The third-order valence-corrected chi connectivity index (χ3v) is 2.83. The number of carbonyl (C=O) groups excluding carboxylic acids is 1. The fourth-order valence-electron chi connectivity index (χ4n) is 1.84. The SMILES string of the molecule is CC(=O)OC(c1ccc(C(C)C)cc1)C(C)C. The Balaban J connectivity index is 2.91. The molecule has 0 aliphatic heterocycles. The van der Waals surface area contributed by atoms with E-state index in [0.717, 1.165) is 5.56 Å². The zero-order valence-electron chi connectivity index (χ0n) is 11.4. The van der Waals surface area contributed by atoms with Gasteiger partial charge in [0.25, 0.3) is 0 Å². The third kappa shape index (κ3) is 3.88. The van der Waals surface area contributed by atoms with Crippen LogP contribution in [-0.4, -0.2) is 5.97 Å². The molecule has 0 bridgehead atoms. The Bertz CT molecular complexity index is 363. The average Bonchev–Trinajstić information content (AvgIpc) is 2.25. The maximum absolute atomic E-state index is 11.1. The zero-order valence-corrected chi connectivity index (χ0v) is 11.4. The second kappa shape index (κ2) is 5.85. The maximum Gasteiger partial charge on any atom is 0.303 e. The molecule has 0 N–H and O–H groups in total. The monoisotopic (exact) mass is 234 g/mol. The van der Waals surface area contributed by atoms with Crippen LogP contribution in [0, 0.1) is 5.92 Å². The molecular weight excluding hydrogens is 212 g/mol. The molecule has 17 heavy (non-hydrogen) atoms. The molecule has 0 radical (unpaired) electrons. The van der Waals surface area contributed by atoms with Gasteiger partial charge in [-0.3, -0.25) is 4.79 Å². The molecule has 1 unspecified atom stereocenters. The minimum absolute atomic E-state index is 0.145. The van der Waals surface area contributed by atoms with Crippen molar-refractivity contribution in [1.82, 2.24) is 0 Å². The van der Waals surface area contributed by atoms with Crippen LogP contribution in [0.3, 0.4) is 0 Å². The smallest absolute Gasteiger partial charge is 0.303 e. The first kappa shape index (κ1) is 13.8. The zero-order chi connectivity index (χ0) is 13.0. The normalized spacial score (nSPS) is 12.9. The largest absolute Gasteiger partial charge is 0.457 e. The summed E-state index contributed by atoms with van der Waals surface area (Å²) in [5, 5.41) is 0. The van der Waals surface area contributed by atoms with Crippen LogP contribution >= 0.6 is 0 Å². The number of esters is 1. The van der Waals surface area contributed by atoms with E-state index >= 15 is 0 Å². The lowest BCUT2D eigenvalue weighted by Gasteiger charge is -2.21. The van der Waals surface area contributed by atoms with Gasteiger partial charge in [0.2, 0.25) is 0 Å². The summed E-state index contributed by atoms with van der Waals surface area (Å²) in [5.74, 6) is 0.579. The van der Waals surface area contributed by atoms with Gasteiger partial charge in [-0.25, -0.2) is 0 Å². The van der Waals surface area contributed by atoms with Crippen molar-refractivity contribution in [2.24, 2.45) is 5.92 Å². The molecule has 0 aliphatic rings. The number of carbonyl (C=O) groups is 1. The van der Waals surface area contributed by atoms with Crippen LogP contribution in [0.25, 0.3) is 0 Å². The molecule has 0 saturated heterocycles. The Morgan fingerprint density at radius 2 is 1.47 bits per heavy atom. The molecule has 1 rings (SSSR count). The molecule has 2 heteroatoms. The average molecular weight is 234 g/mol. The highest BCUT2D eigenvalue weighted by Gasteiger charge is 2.18. The summed E-state index contributed by atoms with van der Waals surface area (Å²) in [4.78, 5) is 11.1. The lowest BCUT2D eigenvalue weighted by molar-refractivity contribution is -0.149. The van der Waals surface area contributed by atoms with Gasteiger partial charge < -0.3 is 4.74 Å². The quantitative estimate of drug-likeness (QED) is 0.734. The Labute approximate surface area is 104 Å². The highest BCUT2D eigenvalue weighted by Crippen LogP contribution is 2.27. The van der Waals surface area contributed by atoms with Crippen LogP contribution < -0.4 is 0 Å². The molecule has 0 amide bonds. The van der Waals surface area contributed by atoms with E-state index in [-0.39, 0.29) is 18.0 Å². The van der Waals surface area contributed by atoms with Crippen LogP contribution in [0.15, 0.2) is 24.3 Å². The molecule has 1 atom stereocenters. The number of benzene rings is 1. The highest BCUT2D eigenvalue weighted by atomic mass is 16.5. The Morgan fingerprint density at radius 3 is 1.82 bits per heavy atom. The Morgan fingerprint density at radius 1 is 1.00 bits per heavy atom. The van der Waals surface area contributed by atoms with Gasteiger partial charge in [-0.05, 0) is 23.0 Å². The van der Waals surface area contributed by atoms with Gasteiger partial charge in [-0.1, -0.05) is 52.0 Å². The highest BCUT2D eigenvalue weighted by molar-refractivity contribution is 5.66. The first-order valence-corrected chi connectivity index (χ1v) is 6.19. The van der Waals surface area contributed by atoms with Gasteiger partial charge in [0.05, 0.1) is 0 Å². The van der Waals surface area contributed by atoms with Crippen molar-refractivity contribution in [1.29, 1.82) is 0 Å². The Kier molecular flexibility index (Phi) is 4.73. The van der Waals surface area contributed by atoms with E-state index in [1.165, 1.54) is 12.5 Å². The molecule has 1 aromatic carbocycles. The summed E-state index contributed by atoms with van der Waals surface area (Å²) < 4.78 is 5.36. The summed E-state index contributed by atoms with van der Waals surface area (Å²) in [7, 11) is 0. The van der Waals surface area contributed by atoms with Gasteiger partial charge in [-0.15, -0.1) is 0 Å². The summed E-state index contributed by atoms with van der Waals surface area (Å²) in [6, 6.07) is 8.34. The summed E-state index contributed by atoms with van der Waals surface area (Å²) in [5.41, 5.74) is 2.37. The van der Waals surface area contributed by atoms with Crippen LogP contribution in [0.2, 0.25) is 0 Å². The van der Waals surface area contributed by atoms with Gasteiger partial charge in [0.15, 0.2) is 0 Å². The van der Waals surface area contributed by atoms with Crippen LogP contribution in [0.5, 0.6) is 0 Å². The molecule has 94 valence electrons. The molecule has 2 nitrogen and oxygen atoms in total. The third-order valence-electron chi connectivity index (χ3n) is 2.83. The van der Waals surface area contributed by atoms with Crippen molar-refractivity contribution in [3.8, 4) is 0 Å². The van der Waals surface area contributed by atoms with Crippen molar-refractivity contribution in [2.45, 2.75) is 46.6 Å². The van der Waals surface area contributed by atoms with Crippen molar-refractivity contribution >= 4 is 5.97 Å². The molecule has 0 fully saturated rings. The van der Waals surface area contributed by atoms with Crippen molar-refractivity contribution < 1.29 is 9.53 Å². The second-order valence-corrected chi connectivity index (χ2v) is 5.10. The maximum atomic E-state index is 11.1.